The first-order chi connectivity index (χ1) is 12.7. The Morgan fingerprint density at radius 2 is 1.67 bits per heavy atom. The minimum absolute atomic E-state index is 0.0467. The molecular weight excluding hydrogens is 364 g/mol. The number of carbonyl (C=O) groups excluding carboxylic acids is 1. The molecule has 7 heteroatoms. The number of rotatable bonds is 8. The molecule has 2 aromatic rings. The number of nitrogens with zero attached hydrogens (tertiary/aromatic N) is 1. The predicted molar refractivity (Wildman–Crippen MR) is 109 cm³/mol. The van der Waals surface area contributed by atoms with Gasteiger partial charge in [0.05, 0.1) is 19.1 Å². The normalized spacial score (nSPS) is 11.3. The van der Waals surface area contributed by atoms with Gasteiger partial charge < -0.3 is 10.1 Å². The Labute approximate surface area is 161 Å². The Bertz CT molecular complexity index is 860. The van der Waals surface area contributed by atoms with E-state index in [1.807, 2.05) is 24.3 Å². The Hall–Kier alpha value is -2.54. The zero-order valence-electron chi connectivity index (χ0n) is 16.1. The molecule has 0 bridgehead atoms. The summed E-state index contributed by atoms with van der Waals surface area (Å²) in [5.74, 6) is 0.812. The zero-order chi connectivity index (χ0) is 20.0. The number of amides is 1. The molecule has 0 spiro atoms. The lowest BCUT2D eigenvalue weighted by Crippen LogP contribution is -2.33. The maximum Gasteiger partial charge on any atom is 0.232 e. The Morgan fingerprint density at radius 1 is 1.07 bits per heavy atom. The van der Waals surface area contributed by atoms with Gasteiger partial charge in [0, 0.05) is 18.7 Å². The van der Waals surface area contributed by atoms with E-state index in [0.717, 1.165) is 6.26 Å². The number of methoxy groups -OCH3 is 1. The highest BCUT2D eigenvalue weighted by atomic mass is 32.2. The summed E-state index contributed by atoms with van der Waals surface area (Å²) in [6.45, 7) is 4.26. The van der Waals surface area contributed by atoms with Crippen LogP contribution in [0.15, 0.2) is 48.5 Å². The molecule has 0 aromatic heterocycles. The van der Waals surface area contributed by atoms with Gasteiger partial charge in [-0.25, -0.2) is 8.42 Å². The van der Waals surface area contributed by atoms with E-state index in [9.17, 15) is 13.2 Å². The van der Waals surface area contributed by atoms with E-state index in [1.54, 1.807) is 31.4 Å². The molecule has 0 unspecified atom stereocenters. The van der Waals surface area contributed by atoms with E-state index in [-0.39, 0.29) is 18.9 Å². The minimum Gasteiger partial charge on any atom is -0.497 e. The van der Waals surface area contributed by atoms with Gasteiger partial charge in [0.15, 0.2) is 0 Å². The quantitative estimate of drug-likeness (QED) is 0.747. The van der Waals surface area contributed by atoms with Crippen molar-refractivity contribution in [2.45, 2.75) is 26.2 Å². The number of nitrogens with one attached hydrogen (secondary N) is 1. The first kappa shape index (κ1) is 20.8. The summed E-state index contributed by atoms with van der Waals surface area (Å²) >= 11 is 0. The summed E-state index contributed by atoms with van der Waals surface area (Å²) in [5.41, 5.74) is 2.38. The number of anilines is 2. The molecule has 27 heavy (non-hydrogen) atoms. The van der Waals surface area contributed by atoms with Crippen LogP contribution in [0.25, 0.3) is 0 Å². The summed E-state index contributed by atoms with van der Waals surface area (Å²) in [6, 6.07) is 14.3. The van der Waals surface area contributed by atoms with Crippen molar-refractivity contribution in [3.8, 4) is 5.75 Å². The Kier molecular flexibility index (Phi) is 6.85. The van der Waals surface area contributed by atoms with Crippen LogP contribution < -0.4 is 14.4 Å². The average molecular weight is 391 g/mol. The van der Waals surface area contributed by atoms with Gasteiger partial charge in [-0.15, -0.1) is 0 Å². The average Bonchev–Trinajstić information content (AvgIpc) is 2.61. The third kappa shape index (κ3) is 5.99. The first-order valence-corrected chi connectivity index (χ1v) is 10.6. The summed E-state index contributed by atoms with van der Waals surface area (Å²) in [5, 5.41) is 2.80. The molecule has 1 N–H and O–H groups in total. The molecular formula is C20H26N2O4S. The fourth-order valence-corrected chi connectivity index (χ4v) is 3.54. The van der Waals surface area contributed by atoms with Gasteiger partial charge in [-0.2, -0.15) is 0 Å². The smallest absolute Gasteiger partial charge is 0.232 e. The van der Waals surface area contributed by atoms with Crippen LogP contribution in [0.5, 0.6) is 5.75 Å². The third-order valence-corrected chi connectivity index (χ3v) is 5.36. The van der Waals surface area contributed by atoms with Crippen LogP contribution >= 0.6 is 0 Å². The van der Waals surface area contributed by atoms with Crippen molar-refractivity contribution in [1.82, 2.24) is 0 Å². The van der Waals surface area contributed by atoms with Crippen molar-refractivity contribution < 1.29 is 17.9 Å². The molecule has 6 nitrogen and oxygen atoms in total. The van der Waals surface area contributed by atoms with Crippen molar-refractivity contribution in [1.29, 1.82) is 0 Å². The molecule has 0 radical (unpaired) electrons. The fraction of sp³-hybridized carbons (Fsp3) is 0.350. The van der Waals surface area contributed by atoms with Crippen LogP contribution in [0.4, 0.5) is 11.4 Å². The highest BCUT2D eigenvalue weighted by Gasteiger charge is 2.18. The van der Waals surface area contributed by atoms with E-state index < -0.39 is 10.0 Å². The van der Waals surface area contributed by atoms with Crippen LogP contribution in [0, 0.1) is 0 Å². The third-order valence-electron chi connectivity index (χ3n) is 4.16. The molecule has 0 atom stereocenters. The van der Waals surface area contributed by atoms with Gasteiger partial charge >= 0.3 is 0 Å². The maximum absolute atomic E-state index is 12.2. The monoisotopic (exact) mass is 390 g/mol. The van der Waals surface area contributed by atoms with Crippen LogP contribution in [0.2, 0.25) is 0 Å². The highest BCUT2D eigenvalue weighted by Crippen LogP contribution is 2.22. The molecule has 0 saturated heterocycles. The molecule has 1 amide bonds. The standard InChI is InChI=1S/C20H26N2O4S/c1-15(2)16-5-7-17(8-6-16)21-20(23)13-14-22(27(4,24)25)18-9-11-19(26-3)12-10-18/h5-12,15H,13-14H2,1-4H3,(H,21,23). The van der Waals surface area contributed by atoms with Gasteiger partial charge in [0.25, 0.3) is 0 Å². The molecule has 0 aliphatic rings. The van der Waals surface area contributed by atoms with Crippen molar-refractivity contribution in [3.63, 3.8) is 0 Å². The van der Waals surface area contributed by atoms with Gasteiger partial charge in [-0.05, 0) is 47.9 Å². The highest BCUT2D eigenvalue weighted by molar-refractivity contribution is 7.92. The summed E-state index contributed by atoms with van der Waals surface area (Å²) < 4.78 is 30.5. The largest absolute Gasteiger partial charge is 0.497 e. The maximum atomic E-state index is 12.2. The summed E-state index contributed by atoms with van der Waals surface area (Å²) in [4.78, 5) is 12.2. The minimum atomic E-state index is -3.51. The van der Waals surface area contributed by atoms with Crippen molar-refractivity contribution >= 4 is 27.3 Å². The van der Waals surface area contributed by atoms with E-state index in [2.05, 4.69) is 19.2 Å². The number of ether oxygens (including phenoxy) is 1. The van der Waals surface area contributed by atoms with E-state index in [4.69, 9.17) is 4.74 Å². The van der Waals surface area contributed by atoms with Crippen LogP contribution in [-0.2, 0) is 14.8 Å². The Morgan fingerprint density at radius 3 is 2.15 bits per heavy atom. The second-order valence-corrected chi connectivity index (χ2v) is 8.51. The van der Waals surface area contributed by atoms with Gasteiger partial charge in [0.1, 0.15) is 5.75 Å². The lowest BCUT2D eigenvalue weighted by atomic mass is 10.0. The summed E-state index contributed by atoms with van der Waals surface area (Å²) in [6.07, 6.45) is 1.17. The van der Waals surface area contributed by atoms with Crippen LogP contribution in [0.1, 0.15) is 31.7 Å². The van der Waals surface area contributed by atoms with Crippen LogP contribution in [0.3, 0.4) is 0 Å². The van der Waals surface area contributed by atoms with Crippen LogP contribution in [-0.4, -0.2) is 34.2 Å². The molecule has 2 rings (SSSR count). The number of benzene rings is 2. The van der Waals surface area contributed by atoms with E-state index in [0.29, 0.717) is 23.0 Å². The zero-order valence-corrected chi connectivity index (χ0v) is 16.9. The molecule has 2 aromatic carbocycles. The van der Waals surface area contributed by atoms with E-state index in [1.165, 1.54) is 9.87 Å². The predicted octanol–water partition coefficient (Wildman–Crippen LogP) is 3.61. The molecule has 0 fully saturated rings. The number of carbonyl (C=O) groups is 1. The topological polar surface area (TPSA) is 75.7 Å². The molecule has 0 aliphatic carbocycles. The number of hydrogen-bond acceptors (Lipinski definition) is 4. The number of sulfonamides is 1. The Balaban J connectivity index is 2.02. The molecule has 0 aliphatic heterocycles. The van der Waals surface area contributed by atoms with E-state index >= 15 is 0 Å². The molecule has 0 heterocycles. The SMILES string of the molecule is COc1ccc(N(CCC(=O)Nc2ccc(C(C)C)cc2)S(C)(=O)=O)cc1. The van der Waals surface area contributed by atoms with Gasteiger partial charge in [-0.1, -0.05) is 26.0 Å². The molecule has 0 saturated carbocycles. The second-order valence-electron chi connectivity index (χ2n) is 6.61. The van der Waals surface area contributed by atoms with Crippen molar-refractivity contribution in [3.05, 3.63) is 54.1 Å². The van der Waals surface area contributed by atoms with Gasteiger partial charge in [0.2, 0.25) is 15.9 Å². The van der Waals surface area contributed by atoms with Crippen molar-refractivity contribution in [2.75, 3.05) is 29.5 Å². The lowest BCUT2D eigenvalue weighted by molar-refractivity contribution is -0.116. The fourth-order valence-electron chi connectivity index (χ4n) is 2.61. The second kappa shape index (κ2) is 8.90. The lowest BCUT2D eigenvalue weighted by Gasteiger charge is -2.22. The first-order valence-electron chi connectivity index (χ1n) is 8.72. The van der Waals surface area contributed by atoms with Gasteiger partial charge in [-0.3, -0.25) is 9.10 Å². The number of hydrogen-bond donors (Lipinski definition) is 1. The van der Waals surface area contributed by atoms with Crippen molar-refractivity contribution in [2.24, 2.45) is 0 Å². The molecule has 146 valence electrons. The summed E-state index contributed by atoms with van der Waals surface area (Å²) in [7, 11) is -1.97.